The number of imidazole rings is 1. The van der Waals surface area contributed by atoms with E-state index in [1.54, 1.807) is 6.92 Å². The van der Waals surface area contributed by atoms with Crippen molar-refractivity contribution in [1.82, 2.24) is 14.7 Å². The lowest BCUT2D eigenvalue weighted by atomic mass is 10.2. The van der Waals surface area contributed by atoms with Crippen LogP contribution >= 0.6 is 11.8 Å². The van der Waals surface area contributed by atoms with Gasteiger partial charge in [-0.25, -0.2) is 9.78 Å². The average Bonchev–Trinajstić information content (AvgIpc) is 2.93. The zero-order valence-corrected chi connectivity index (χ0v) is 14.4. The SMILES string of the molecule is Cc1cc(S[C@@H](C)C(=O)NC(N)=O)n2c(nc3ccccc32)c1C#N. The third-order valence-corrected chi connectivity index (χ3v) is 4.87. The molecule has 3 rings (SSSR count). The molecule has 3 amide bonds. The highest BCUT2D eigenvalue weighted by Gasteiger charge is 2.20. The number of rotatable bonds is 3. The van der Waals surface area contributed by atoms with Gasteiger partial charge in [0.2, 0.25) is 5.91 Å². The van der Waals surface area contributed by atoms with E-state index in [9.17, 15) is 14.9 Å². The fourth-order valence-electron chi connectivity index (χ4n) is 2.60. The van der Waals surface area contributed by atoms with E-state index in [0.717, 1.165) is 21.6 Å². The highest BCUT2D eigenvalue weighted by atomic mass is 32.2. The maximum Gasteiger partial charge on any atom is 0.318 e. The monoisotopic (exact) mass is 353 g/mol. The first-order chi connectivity index (χ1) is 11.9. The second-order valence-corrected chi connectivity index (χ2v) is 6.89. The van der Waals surface area contributed by atoms with Crippen molar-refractivity contribution in [2.45, 2.75) is 24.1 Å². The Morgan fingerprint density at radius 1 is 1.40 bits per heavy atom. The summed E-state index contributed by atoms with van der Waals surface area (Å²) in [6.45, 7) is 3.51. The lowest BCUT2D eigenvalue weighted by molar-refractivity contribution is -0.119. The summed E-state index contributed by atoms with van der Waals surface area (Å²) in [5.41, 5.74) is 8.43. The minimum absolute atomic E-state index is 0.475. The first-order valence-corrected chi connectivity index (χ1v) is 8.38. The van der Waals surface area contributed by atoms with Crippen LogP contribution in [0.4, 0.5) is 4.79 Å². The van der Waals surface area contributed by atoms with Gasteiger partial charge in [0.1, 0.15) is 6.07 Å². The number of nitrogens with one attached hydrogen (secondary N) is 1. The largest absolute Gasteiger partial charge is 0.351 e. The molecule has 0 saturated carbocycles. The third-order valence-electron chi connectivity index (χ3n) is 3.76. The Hall–Kier alpha value is -3.05. The molecular weight excluding hydrogens is 338 g/mol. The van der Waals surface area contributed by atoms with Crippen molar-refractivity contribution in [3.63, 3.8) is 0 Å². The Labute approximate surface area is 147 Å². The highest BCUT2D eigenvalue weighted by Crippen LogP contribution is 2.31. The van der Waals surface area contributed by atoms with Crippen molar-refractivity contribution >= 4 is 40.4 Å². The zero-order valence-electron chi connectivity index (χ0n) is 13.6. The average molecular weight is 353 g/mol. The molecule has 0 fully saturated rings. The van der Waals surface area contributed by atoms with E-state index in [1.807, 2.05) is 41.7 Å². The van der Waals surface area contributed by atoms with Crippen molar-refractivity contribution in [2.24, 2.45) is 5.73 Å². The predicted molar refractivity (Wildman–Crippen MR) is 95.2 cm³/mol. The molecule has 2 heterocycles. The zero-order chi connectivity index (χ0) is 18.1. The Bertz CT molecular complexity index is 1050. The number of nitrogens with zero attached hydrogens (tertiary/aromatic N) is 3. The van der Waals surface area contributed by atoms with Crippen LogP contribution in [0.2, 0.25) is 0 Å². The number of carbonyl (C=O) groups is 2. The minimum Gasteiger partial charge on any atom is -0.351 e. The molecule has 2 aromatic heterocycles. The van der Waals surface area contributed by atoms with Gasteiger partial charge in [0, 0.05) is 0 Å². The number of nitriles is 1. The van der Waals surface area contributed by atoms with Crippen molar-refractivity contribution in [3.8, 4) is 6.07 Å². The first kappa shape index (κ1) is 16.8. The maximum absolute atomic E-state index is 12.0. The van der Waals surface area contributed by atoms with Gasteiger partial charge in [-0.05, 0) is 37.6 Å². The number of aromatic nitrogens is 2. The van der Waals surface area contributed by atoms with Gasteiger partial charge >= 0.3 is 6.03 Å². The van der Waals surface area contributed by atoms with Crippen LogP contribution in [-0.2, 0) is 4.79 Å². The van der Waals surface area contributed by atoms with Crippen LogP contribution < -0.4 is 11.1 Å². The third kappa shape index (κ3) is 3.02. The summed E-state index contributed by atoms with van der Waals surface area (Å²) in [6, 6.07) is 10.7. The fraction of sp³-hybridized carbons (Fsp3) is 0.176. The van der Waals surface area contributed by atoms with Gasteiger partial charge in [-0.15, -0.1) is 0 Å². The smallest absolute Gasteiger partial charge is 0.318 e. The second kappa shape index (κ2) is 6.45. The molecule has 8 heteroatoms. The molecule has 7 nitrogen and oxygen atoms in total. The van der Waals surface area contributed by atoms with Crippen molar-refractivity contribution < 1.29 is 9.59 Å². The number of carbonyl (C=O) groups excluding carboxylic acids is 2. The molecule has 0 saturated heterocycles. The quantitative estimate of drug-likeness (QED) is 0.702. The number of primary amides is 1. The van der Waals surface area contributed by atoms with Crippen LogP contribution in [0.3, 0.4) is 0 Å². The summed E-state index contributed by atoms with van der Waals surface area (Å²) in [7, 11) is 0. The number of para-hydroxylation sites is 2. The molecule has 3 aromatic rings. The number of imide groups is 1. The molecule has 0 bridgehead atoms. The minimum atomic E-state index is -0.883. The summed E-state index contributed by atoms with van der Waals surface area (Å²) in [4.78, 5) is 27.4. The van der Waals surface area contributed by atoms with Gasteiger partial charge in [-0.3, -0.25) is 14.5 Å². The van der Waals surface area contributed by atoms with E-state index in [1.165, 1.54) is 11.8 Å². The van der Waals surface area contributed by atoms with Crippen LogP contribution in [-0.4, -0.2) is 26.6 Å². The number of pyridine rings is 1. The van der Waals surface area contributed by atoms with Crippen LogP contribution in [0.5, 0.6) is 0 Å². The molecule has 25 heavy (non-hydrogen) atoms. The molecular formula is C17H15N5O2S. The van der Waals surface area contributed by atoms with Gasteiger partial charge < -0.3 is 5.73 Å². The van der Waals surface area contributed by atoms with Crippen LogP contribution in [0, 0.1) is 18.3 Å². The second-order valence-electron chi connectivity index (χ2n) is 5.53. The number of thioether (sulfide) groups is 1. The first-order valence-electron chi connectivity index (χ1n) is 7.50. The van der Waals surface area contributed by atoms with Crippen LogP contribution in [0.25, 0.3) is 16.7 Å². The predicted octanol–water partition coefficient (Wildman–Crippen LogP) is 2.34. The number of fused-ring (bicyclic) bond motifs is 3. The molecule has 0 radical (unpaired) electrons. The summed E-state index contributed by atoms with van der Waals surface area (Å²) >= 11 is 1.27. The molecule has 1 atom stereocenters. The molecule has 126 valence electrons. The molecule has 0 spiro atoms. The van der Waals surface area contributed by atoms with Crippen LogP contribution in [0.15, 0.2) is 35.4 Å². The normalized spacial score (nSPS) is 12.0. The lowest BCUT2D eigenvalue weighted by Crippen LogP contribution is -2.39. The van der Waals surface area contributed by atoms with Gasteiger partial charge in [-0.2, -0.15) is 5.26 Å². The Morgan fingerprint density at radius 3 is 2.80 bits per heavy atom. The van der Waals surface area contributed by atoms with Crippen molar-refractivity contribution in [1.29, 1.82) is 5.26 Å². The number of hydrogen-bond acceptors (Lipinski definition) is 5. The number of urea groups is 1. The number of amides is 3. The van der Waals surface area contributed by atoms with Gasteiger partial charge in [0.15, 0.2) is 5.65 Å². The molecule has 1 aromatic carbocycles. The molecule has 0 aliphatic rings. The summed E-state index contributed by atoms with van der Waals surface area (Å²) in [5.74, 6) is -0.475. The van der Waals surface area contributed by atoms with E-state index in [-0.39, 0.29) is 0 Å². The van der Waals surface area contributed by atoms with Gasteiger partial charge in [0.25, 0.3) is 0 Å². The highest BCUT2D eigenvalue weighted by molar-refractivity contribution is 8.00. The summed E-state index contributed by atoms with van der Waals surface area (Å²) in [5, 5.41) is 11.8. The number of nitrogens with two attached hydrogens (primary N) is 1. The Kier molecular flexibility index (Phi) is 4.33. The molecule has 3 N–H and O–H groups in total. The fourth-order valence-corrected chi connectivity index (χ4v) is 3.66. The maximum atomic E-state index is 12.0. The standard InChI is InChI=1S/C17H15N5O2S/c1-9-7-14(25-10(2)16(23)21-17(19)24)22-13-6-4-3-5-12(13)20-15(22)11(9)8-18/h3-7,10H,1-2H3,(H3,19,21,23,24)/t10-/m0/s1. The number of aryl methyl sites for hydroxylation is 1. The summed E-state index contributed by atoms with van der Waals surface area (Å²) in [6.07, 6.45) is 0. The van der Waals surface area contributed by atoms with Crippen LogP contribution in [0.1, 0.15) is 18.1 Å². The lowest BCUT2D eigenvalue weighted by Gasteiger charge is -2.13. The van der Waals surface area contributed by atoms with E-state index >= 15 is 0 Å². The Balaban J connectivity index is 2.16. The Morgan fingerprint density at radius 2 is 2.12 bits per heavy atom. The van der Waals surface area contributed by atoms with E-state index in [4.69, 9.17) is 5.73 Å². The van der Waals surface area contributed by atoms with E-state index in [2.05, 4.69) is 16.4 Å². The molecule has 0 unspecified atom stereocenters. The summed E-state index contributed by atoms with van der Waals surface area (Å²) < 4.78 is 1.86. The topological polar surface area (TPSA) is 113 Å². The van der Waals surface area contributed by atoms with Gasteiger partial charge in [0.05, 0.1) is 26.9 Å². The van der Waals surface area contributed by atoms with Crippen molar-refractivity contribution in [3.05, 3.63) is 41.5 Å². The number of benzene rings is 1. The molecule has 0 aliphatic carbocycles. The van der Waals surface area contributed by atoms with E-state index < -0.39 is 17.2 Å². The van der Waals surface area contributed by atoms with Crippen molar-refractivity contribution in [2.75, 3.05) is 0 Å². The number of hydrogen-bond donors (Lipinski definition) is 2. The van der Waals surface area contributed by atoms with Gasteiger partial charge in [-0.1, -0.05) is 23.9 Å². The molecule has 0 aliphatic heterocycles. The van der Waals surface area contributed by atoms with E-state index in [0.29, 0.717) is 11.2 Å².